The van der Waals surface area contributed by atoms with Gasteiger partial charge in [-0.25, -0.2) is 4.98 Å². The van der Waals surface area contributed by atoms with Crippen LogP contribution < -0.4 is 0 Å². The number of carbonyl (C=O) groups is 1. The van der Waals surface area contributed by atoms with Crippen molar-refractivity contribution >= 4 is 40.2 Å². The molecule has 2 aromatic heterocycles. The average Bonchev–Trinajstić information content (AvgIpc) is 3.40. The standard InChI is InChI=1S/C19H17Cl2N3O2/c1-2-17-14-8-12(9-22-18(14)26-23-17)19(25)24(13-4-5-13)10-11-3-6-15(20)16(21)7-11/h3,6-9,13H,2,4-5,10H2,1H3. The summed E-state index contributed by atoms with van der Waals surface area (Å²) < 4.78 is 5.20. The molecule has 0 saturated heterocycles. The van der Waals surface area contributed by atoms with E-state index in [-0.39, 0.29) is 11.9 Å². The minimum atomic E-state index is -0.0452. The Labute approximate surface area is 160 Å². The summed E-state index contributed by atoms with van der Waals surface area (Å²) in [6.45, 7) is 2.48. The van der Waals surface area contributed by atoms with Crippen LogP contribution in [0.4, 0.5) is 0 Å². The van der Waals surface area contributed by atoms with Crippen LogP contribution in [0.3, 0.4) is 0 Å². The van der Waals surface area contributed by atoms with Crippen molar-refractivity contribution in [1.82, 2.24) is 15.0 Å². The van der Waals surface area contributed by atoms with Crippen LogP contribution in [0.2, 0.25) is 10.0 Å². The first kappa shape index (κ1) is 17.3. The molecule has 1 amide bonds. The first-order chi connectivity index (χ1) is 12.6. The van der Waals surface area contributed by atoms with Crippen LogP contribution in [0.5, 0.6) is 0 Å². The molecule has 2 heterocycles. The predicted octanol–water partition coefficient (Wildman–Crippen LogP) is 4.90. The summed E-state index contributed by atoms with van der Waals surface area (Å²) in [5.74, 6) is -0.0452. The number of fused-ring (bicyclic) bond motifs is 1. The first-order valence-electron chi connectivity index (χ1n) is 8.56. The number of rotatable bonds is 5. The summed E-state index contributed by atoms with van der Waals surface area (Å²) in [7, 11) is 0. The molecular weight excluding hydrogens is 373 g/mol. The van der Waals surface area contributed by atoms with Crippen molar-refractivity contribution < 1.29 is 9.32 Å². The van der Waals surface area contributed by atoms with E-state index in [2.05, 4.69) is 10.1 Å². The number of pyridine rings is 1. The van der Waals surface area contributed by atoms with Gasteiger partial charge in [-0.3, -0.25) is 4.79 Å². The molecule has 0 radical (unpaired) electrons. The summed E-state index contributed by atoms with van der Waals surface area (Å²) in [6.07, 6.45) is 4.30. The van der Waals surface area contributed by atoms with Gasteiger partial charge >= 0.3 is 0 Å². The highest BCUT2D eigenvalue weighted by Crippen LogP contribution is 2.31. The summed E-state index contributed by atoms with van der Waals surface area (Å²) in [4.78, 5) is 19.3. The average molecular weight is 390 g/mol. The zero-order valence-electron chi connectivity index (χ0n) is 14.2. The maximum Gasteiger partial charge on any atom is 0.257 e. The fourth-order valence-electron chi connectivity index (χ4n) is 3.00. The van der Waals surface area contributed by atoms with Gasteiger partial charge in [0.25, 0.3) is 11.6 Å². The number of aromatic nitrogens is 2. The Morgan fingerprint density at radius 2 is 2.08 bits per heavy atom. The van der Waals surface area contributed by atoms with E-state index < -0.39 is 0 Å². The lowest BCUT2D eigenvalue weighted by atomic mass is 10.1. The highest BCUT2D eigenvalue weighted by Gasteiger charge is 2.33. The van der Waals surface area contributed by atoms with E-state index in [9.17, 15) is 4.79 Å². The molecule has 1 aromatic carbocycles. The fourth-order valence-corrected chi connectivity index (χ4v) is 3.33. The van der Waals surface area contributed by atoms with Gasteiger partial charge in [0.1, 0.15) is 0 Å². The minimum Gasteiger partial charge on any atom is -0.336 e. The third-order valence-electron chi connectivity index (χ3n) is 4.57. The lowest BCUT2D eigenvalue weighted by Crippen LogP contribution is -2.32. The predicted molar refractivity (Wildman–Crippen MR) is 101 cm³/mol. The van der Waals surface area contributed by atoms with Crippen molar-refractivity contribution in [3.63, 3.8) is 0 Å². The highest BCUT2D eigenvalue weighted by atomic mass is 35.5. The number of carbonyl (C=O) groups excluding carboxylic acids is 1. The quantitative estimate of drug-likeness (QED) is 0.622. The van der Waals surface area contributed by atoms with Crippen molar-refractivity contribution in [2.24, 2.45) is 0 Å². The van der Waals surface area contributed by atoms with Crippen LogP contribution in [0.15, 0.2) is 35.0 Å². The summed E-state index contributed by atoms with van der Waals surface area (Å²) in [6, 6.07) is 7.54. The number of halogens is 2. The van der Waals surface area contributed by atoms with E-state index >= 15 is 0 Å². The van der Waals surface area contributed by atoms with Gasteiger partial charge in [-0.05, 0) is 43.0 Å². The fraction of sp³-hybridized carbons (Fsp3) is 0.316. The zero-order chi connectivity index (χ0) is 18.3. The molecule has 26 heavy (non-hydrogen) atoms. The van der Waals surface area contributed by atoms with E-state index in [1.165, 1.54) is 0 Å². The van der Waals surface area contributed by atoms with Crippen molar-refractivity contribution in [1.29, 1.82) is 0 Å². The van der Waals surface area contributed by atoms with Crippen LogP contribution in [0.1, 0.15) is 41.4 Å². The molecular formula is C19H17Cl2N3O2. The van der Waals surface area contributed by atoms with Gasteiger partial charge in [-0.2, -0.15) is 0 Å². The second-order valence-corrected chi connectivity index (χ2v) is 7.29. The van der Waals surface area contributed by atoms with Gasteiger partial charge in [-0.1, -0.05) is 41.3 Å². The van der Waals surface area contributed by atoms with Gasteiger partial charge in [0.15, 0.2) is 0 Å². The Morgan fingerprint density at radius 3 is 2.77 bits per heavy atom. The van der Waals surface area contributed by atoms with Crippen LogP contribution in [-0.2, 0) is 13.0 Å². The van der Waals surface area contributed by atoms with Crippen molar-refractivity contribution in [2.45, 2.75) is 38.8 Å². The van der Waals surface area contributed by atoms with E-state index in [0.29, 0.717) is 27.9 Å². The van der Waals surface area contributed by atoms with Crippen molar-refractivity contribution in [3.05, 3.63) is 57.3 Å². The lowest BCUT2D eigenvalue weighted by molar-refractivity contribution is 0.0729. The Kier molecular flexibility index (Phi) is 4.59. The summed E-state index contributed by atoms with van der Waals surface area (Å²) in [5, 5.41) is 5.80. The Bertz CT molecular complexity index is 982. The van der Waals surface area contributed by atoms with E-state index in [1.54, 1.807) is 12.3 Å². The van der Waals surface area contributed by atoms with E-state index in [4.69, 9.17) is 27.7 Å². The molecule has 3 aromatic rings. The Morgan fingerprint density at radius 1 is 1.27 bits per heavy atom. The molecule has 0 unspecified atom stereocenters. The molecule has 7 heteroatoms. The number of aryl methyl sites for hydroxylation is 1. The lowest BCUT2D eigenvalue weighted by Gasteiger charge is -2.23. The summed E-state index contributed by atoms with van der Waals surface area (Å²) in [5.41, 5.74) is 2.76. The third kappa shape index (κ3) is 3.29. The molecule has 1 saturated carbocycles. The van der Waals surface area contributed by atoms with Gasteiger partial charge in [-0.15, -0.1) is 0 Å². The summed E-state index contributed by atoms with van der Waals surface area (Å²) >= 11 is 12.1. The molecule has 0 atom stereocenters. The molecule has 1 aliphatic rings. The molecule has 5 nitrogen and oxygen atoms in total. The van der Waals surface area contributed by atoms with Gasteiger partial charge in [0, 0.05) is 18.8 Å². The number of amides is 1. The molecule has 0 spiro atoms. The van der Waals surface area contributed by atoms with Crippen LogP contribution in [0, 0.1) is 0 Å². The Hall–Kier alpha value is -2.11. The minimum absolute atomic E-state index is 0.0452. The molecule has 1 fully saturated rings. The SMILES string of the molecule is CCc1noc2ncc(C(=O)N(Cc3ccc(Cl)c(Cl)c3)C3CC3)cc12. The monoisotopic (exact) mass is 389 g/mol. The smallest absolute Gasteiger partial charge is 0.257 e. The normalized spacial score (nSPS) is 14.0. The van der Waals surface area contributed by atoms with E-state index in [0.717, 1.165) is 35.9 Å². The maximum absolute atomic E-state index is 13.1. The van der Waals surface area contributed by atoms with Gasteiger partial charge in [0.2, 0.25) is 0 Å². The molecule has 0 N–H and O–H groups in total. The maximum atomic E-state index is 13.1. The van der Waals surface area contributed by atoms with Gasteiger partial charge < -0.3 is 9.42 Å². The highest BCUT2D eigenvalue weighted by molar-refractivity contribution is 6.42. The molecule has 134 valence electrons. The zero-order valence-corrected chi connectivity index (χ0v) is 15.7. The van der Waals surface area contributed by atoms with Crippen molar-refractivity contribution in [3.8, 4) is 0 Å². The molecule has 4 rings (SSSR count). The molecule has 1 aliphatic carbocycles. The number of hydrogen-bond donors (Lipinski definition) is 0. The number of nitrogens with zero attached hydrogens (tertiary/aromatic N) is 3. The molecule has 0 bridgehead atoms. The van der Waals surface area contributed by atoms with Crippen molar-refractivity contribution in [2.75, 3.05) is 0 Å². The number of benzene rings is 1. The van der Waals surface area contributed by atoms with Crippen LogP contribution >= 0.6 is 23.2 Å². The number of hydrogen-bond acceptors (Lipinski definition) is 4. The third-order valence-corrected chi connectivity index (χ3v) is 5.31. The largest absolute Gasteiger partial charge is 0.336 e. The van der Waals surface area contributed by atoms with Crippen LogP contribution in [-0.4, -0.2) is 27.0 Å². The Balaban J connectivity index is 1.64. The van der Waals surface area contributed by atoms with Gasteiger partial charge in [0.05, 0.1) is 26.7 Å². The van der Waals surface area contributed by atoms with E-state index in [1.807, 2.05) is 30.0 Å². The second kappa shape index (κ2) is 6.89. The molecule has 0 aliphatic heterocycles. The topological polar surface area (TPSA) is 59.2 Å². The first-order valence-corrected chi connectivity index (χ1v) is 9.31. The second-order valence-electron chi connectivity index (χ2n) is 6.47. The van der Waals surface area contributed by atoms with Crippen LogP contribution in [0.25, 0.3) is 11.1 Å².